The molecule has 30 heavy (non-hydrogen) atoms. The summed E-state index contributed by atoms with van der Waals surface area (Å²) in [5.41, 5.74) is 9.64. The minimum absolute atomic E-state index is 0.286. The molecule has 0 spiro atoms. The molecule has 0 aliphatic heterocycles. The van der Waals surface area contributed by atoms with Gasteiger partial charge in [0.2, 0.25) is 0 Å². The van der Waals surface area contributed by atoms with Gasteiger partial charge in [-0.2, -0.15) is 0 Å². The molecule has 0 aliphatic rings. The zero-order valence-electron chi connectivity index (χ0n) is 17.1. The largest absolute Gasteiger partial charge is 0.462 e. The number of anilines is 5. The van der Waals surface area contributed by atoms with Crippen LogP contribution in [0.1, 0.15) is 29.8 Å². The van der Waals surface area contributed by atoms with Crippen molar-refractivity contribution in [1.29, 1.82) is 0 Å². The van der Waals surface area contributed by atoms with Gasteiger partial charge in [0.1, 0.15) is 12.0 Å². The second kappa shape index (κ2) is 9.45. The molecule has 4 N–H and O–H groups in total. The number of esters is 1. The van der Waals surface area contributed by atoms with E-state index < -0.39 is 0 Å². The lowest BCUT2D eigenvalue weighted by atomic mass is 10.2. The lowest BCUT2D eigenvalue weighted by Crippen LogP contribution is -2.10. The van der Waals surface area contributed by atoms with E-state index in [2.05, 4.69) is 20.6 Å². The minimum Gasteiger partial charge on any atom is -0.462 e. The van der Waals surface area contributed by atoms with Crippen LogP contribution in [0.5, 0.6) is 0 Å². The van der Waals surface area contributed by atoms with E-state index in [0.717, 1.165) is 16.9 Å². The number of halogens is 1. The highest BCUT2D eigenvalue weighted by Crippen LogP contribution is 2.30. The first-order chi connectivity index (χ1) is 14.3. The Morgan fingerprint density at radius 3 is 2.43 bits per heavy atom. The van der Waals surface area contributed by atoms with Gasteiger partial charge in [0.25, 0.3) is 0 Å². The van der Waals surface area contributed by atoms with Crippen LogP contribution in [0, 0.1) is 12.8 Å². The number of nitrogen functional groups attached to an aromatic ring is 1. The van der Waals surface area contributed by atoms with Crippen LogP contribution in [-0.4, -0.2) is 22.5 Å². The third kappa shape index (κ3) is 5.39. The summed E-state index contributed by atoms with van der Waals surface area (Å²) in [7, 11) is 0. The number of aryl methyl sites for hydroxylation is 1. The van der Waals surface area contributed by atoms with Gasteiger partial charge in [-0.25, -0.2) is 14.8 Å². The monoisotopic (exact) mass is 425 g/mol. The van der Waals surface area contributed by atoms with E-state index in [1.54, 1.807) is 24.3 Å². The number of hydrogen-bond donors (Lipinski definition) is 3. The molecule has 8 heteroatoms. The molecular formula is C22H24ClN5O2. The Morgan fingerprint density at radius 1 is 1.10 bits per heavy atom. The number of nitrogens with one attached hydrogen (secondary N) is 2. The molecule has 0 radical (unpaired) electrons. The summed E-state index contributed by atoms with van der Waals surface area (Å²) < 4.78 is 5.24. The number of carbonyl (C=O) groups is 1. The second-order valence-corrected chi connectivity index (χ2v) is 7.70. The maximum atomic E-state index is 12.0. The standard InChI is InChI=1S/C22H24ClN5O2/c1-13(2)11-30-22(29)15-5-8-17(9-6-15)27-20-19(24)21(26-12-25-20)28-18-10-16(23)7-4-14(18)3/h4-10,12-13H,11,24H2,1-3H3,(H2,25,26,27,28). The van der Waals surface area contributed by atoms with E-state index in [9.17, 15) is 4.79 Å². The van der Waals surface area contributed by atoms with Gasteiger partial charge in [-0.1, -0.05) is 31.5 Å². The first-order valence-corrected chi connectivity index (χ1v) is 9.89. The zero-order valence-corrected chi connectivity index (χ0v) is 17.8. The van der Waals surface area contributed by atoms with E-state index in [0.29, 0.717) is 34.5 Å². The first kappa shape index (κ1) is 21.4. The molecule has 7 nitrogen and oxygen atoms in total. The van der Waals surface area contributed by atoms with Crippen molar-refractivity contribution in [3.8, 4) is 0 Å². The fraction of sp³-hybridized carbons (Fsp3) is 0.227. The van der Waals surface area contributed by atoms with Crippen molar-refractivity contribution >= 4 is 46.3 Å². The molecular weight excluding hydrogens is 402 g/mol. The van der Waals surface area contributed by atoms with Crippen molar-refractivity contribution < 1.29 is 9.53 Å². The molecule has 0 bridgehead atoms. The number of benzene rings is 2. The van der Waals surface area contributed by atoms with E-state index in [4.69, 9.17) is 22.1 Å². The van der Waals surface area contributed by atoms with E-state index in [1.165, 1.54) is 6.33 Å². The van der Waals surface area contributed by atoms with Gasteiger partial charge < -0.3 is 21.1 Å². The van der Waals surface area contributed by atoms with Crippen molar-refractivity contribution in [3.63, 3.8) is 0 Å². The van der Waals surface area contributed by atoms with Crippen LogP contribution in [0.3, 0.4) is 0 Å². The molecule has 0 unspecified atom stereocenters. The summed E-state index contributed by atoms with van der Waals surface area (Å²) in [5, 5.41) is 6.95. The van der Waals surface area contributed by atoms with Crippen molar-refractivity contribution in [3.05, 3.63) is 64.9 Å². The minimum atomic E-state index is -0.347. The number of aromatic nitrogens is 2. The summed E-state index contributed by atoms with van der Waals surface area (Å²) in [6.07, 6.45) is 1.42. The average Bonchev–Trinajstić information content (AvgIpc) is 2.72. The molecule has 3 rings (SSSR count). The van der Waals surface area contributed by atoms with Gasteiger partial charge >= 0.3 is 5.97 Å². The average molecular weight is 426 g/mol. The van der Waals surface area contributed by atoms with Crippen LogP contribution in [0.25, 0.3) is 0 Å². The van der Waals surface area contributed by atoms with Crippen LogP contribution in [0.4, 0.5) is 28.7 Å². The molecule has 0 saturated heterocycles. The third-order valence-corrected chi connectivity index (χ3v) is 4.50. The molecule has 1 aromatic heterocycles. The van der Waals surface area contributed by atoms with Crippen LogP contribution in [-0.2, 0) is 4.74 Å². The lowest BCUT2D eigenvalue weighted by molar-refractivity contribution is 0.0459. The van der Waals surface area contributed by atoms with Crippen LogP contribution < -0.4 is 16.4 Å². The number of nitrogens with two attached hydrogens (primary N) is 1. The molecule has 0 aliphatic carbocycles. The SMILES string of the molecule is Cc1ccc(Cl)cc1Nc1ncnc(Nc2ccc(C(=O)OCC(C)C)cc2)c1N. The molecule has 156 valence electrons. The Balaban J connectivity index is 1.73. The van der Waals surface area contributed by atoms with Crippen LogP contribution >= 0.6 is 11.6 Å². The molecule has 2 aromatic carbocycles. The van der Waals surface area contributed by atoms with Gasteiger partial charge in [-0.05, 0) is 54.8 Å². The number of ether oxygens (including phenoxy) is 1. The molecule has 0 amide bonds. The normalized spacial score (nSPS) is 10.7. The Hall–Kier alpha value is -3.32. The molecule has 3 aromatic rings. The molecule has 0 atom stereocenters. The smallest absolute Gasteiger partial charge is 0.338 e. The van der Waals surface area contributed by atoms with Crippen LogP contribution in [0.15, 0.2) is 48.8 Å². The summed E-state index contributed by atoms with van der Waals surface area (Å²) in [4.78, 5) is 20.5. The predicted octanol–water partition coefficient (Wildman–Crippen LogP) is 5.32. The Labute approximate surface area is 180 Å². The summed E-state index contributed by atoms with van der Waals surface area (Å²) in [5.74, 6) is 0.850. The van der Waals surface area contributed by atoms with Gasteiger partial charge in [-0.3, -0.25) is 0 Å². The lowest BCUT2D eigenvalue weighted by Gasteiger charge is -2.14. The highest BCUT2D eigenvalue weighted by Gasteiger charge is 2.12. The van der Waals surface area contributed by atoms with Gasteiger partial charge in [0.05, 0.1) is 12.2 Å². The number of carbonyl (C=O) groups excluding carboxylic acids is 1. The zero-order chi connectivity index (χ0) is 21.7. The summed E-state index contributed by atoms with van der Waals surface area (Å²) in [6, 6.07) is 12.5. The maximum absolute atomic E-state index is 12.0. The van der Waals surface area contributed by atoms with Crippen molar-refractivity contribution in [2.45, 2.75) is 20.8 Å². The Kier molecular flexibility index (Phi) is 6.74. The van der Waals surface area contributed by atoms with Crippen molar-refractivity contribution in [2.75, 3.05) is 23.0 Å². The molecule has 1 heterocycles. The second-order valence-electron chi connectivity index (χ2n) is 7.26. The summed E-state index contributed by atoms with van der Waals surface area (Å²) in [6.45, 7) is 6.33. The Morgan fingerprint density at radius 2 is 1.77 bits per heavy atom. The van der Waals surface area contributed by atoms with Crippen molar-refractivity contribution in [2.24, 2.45) is 5.92 Å². The third-order valence-electron chi connectivity index (χ3n) is 4.27. The van der Waals surface area contributed by atoms with E-state index in [-0.39, 0.29) is 11.9 Å². The molecule has 0 saturated carbocycles. The van der Waals surface area contributed by atoms with Gasteiger partial charge in [-0.15, -0.1) is 0 Å². The predicted molar refractivity (Wildman–Crippen MR) is 121 cm³/mol. The van der Waals surface area contributed by atoms with E-state index >= 15 is 0 Å². The fourth-order valence-electron chi connectivity index (χ4n) is 2.60. The first-order valence-electron chi connectivity index (χ1n) is 9.51. The summed E-state index contributed by atoms with van der Waals surface area (Å²) >= 11 is 6.08. The maximum Gasteiger partial charge on any atom is 0.338 e. The highest BCUT2D eigenvalue weighted by molar-refractivity contribution is 6.30. The quantitative estimate of drug-likeness (QED) is 0.440. The number of hydrogen-bond acceptors (Lipinski definition) is 7. The van der Waals surface area contributed by atoms with E-state index in [1.807, 2.05) is 39.0 Å². The number of nitrogens with zero attached hydrogens (tertiary/aromatic N) is 2. The highest BCUT2D eigenvalue weighted by atomic mass is 35.5. The van der Waals surface area contributed by atoms with Crippen LogP contribution in [0.2, 0.25) is 5.02 Å². The van der Waals surface area contributed by atoms with Crippen molar-refractivity contribution in [1.82, 2.24) is 9.97 Å². The Bertz CT molecular complexity index is 1040. The van der Waals surface area contributed by atoms with Gasteiger partial charge in [0.15, 0.2) is 11.6 Å². The fourth-order valence-corrected chi connectivity index (χ4v) is 2.78. The topological polar surface area (TPSA) is 102 Å². The molecule has 0 fully saturated rings. The van der Waals surface area contributed by atoms with Gasteiger partial charge in [0, 0.05) is 16.4 Å². The number of rotatable bonds is 7.